The lowest BCUT2D eigenvalue weighted by Crippen LogP contribution is -2.50. The highest BCUT2D eigenvalue weighted by Gasteiger charge is 2.59. The van der Waals surface area contributed by atoms with Gasteiger partial charge in [-0.1, -0.05) is 70.6 Å². The van der Waals surface area contributed by atoms with E-state index in [0.717, 1.165) is 0 Å². The standard InChI is InChI=1S/C46H75NO13/c1-28-16-19-42(51)60-45(33(6)43(52)29(2)17-18-36(49)31(4)44(57-12)30(3)20-21-47(7)27-48)32(5)38(53-8)25-41(56-11)46(26-58-46)40(55-10)24-35-15-13-14-34(59-35)23-39(54-9)37(50)22-28/h13-14,16,19-22,27,29-35,37-41,43-45,50,52H,15,17-18,23-26H2,1-12H3/b19-16+,21-20+,28-22+/t29-,30+,31-,32-,33-,34-,35-,37-,38+,39+,40-,41-,43-,44+,45-,46-/m0/s1. The summed E-state index contributed by atoms with van der Waals surface area (Å²) in [6, 6.07) is 0. The van der Waals surface area contributed by atoms with Crippen molar-refractivity contribution in [3.63, 3.8) is 0 Å². The Kier molecular flexibility index (Phi) is 21.3. The maximum atomic E-state index is 13.6. The molecule has 14 nitrogen and oxygen atoms in total. The summed E-state index contributed by atoms with van der Waals surface area (Å²) in [6.45, 7) is 11.6. The Morgan fingerprint density at radius 2 is 1.65 bits per heavy atom. The molecular formula is C46H75NO13. The van der Waals surface area contributed by atoms with E-state index in [9.17, 15) is 24.6 Å². The van der Waals surface area contributed by atoms with Crippen LogP contribution in [0, 0.1) is 29.6 Å². The van der Waals surface area contributed by atoms with E-state index >= 15 is 0 Å². The number of cyclic esters (lactones) is 1. The zero-order chi connectivity index (χ0) is 44.7. The molecular weight excluding hydrogens is 774 g/mol. The number of ether oxygens (including phenoxy) is 8. The normalized spacial score (nSPS) is 35.3. The molecule has 0 radical (unpaired) electrons. The summed E-state index contributed by atoms with van der Waals surface area (Å²) in [7, 11) is 9.65. The SMILES string of the molecule is CO[C@H]([C@H](C)/C=C/N(C)C=O)[C@@H](C)C(=O)CC[C@H](C)[C@H](O)[C@H](C)[C@H]1OC(=O)/C=C/C(C)=C/[C@H](O)[C@H](OC)C[C@@H]2C=CC[C@@H](C[C@H](OC)[C@@]3(CO3)[C@@H](OC)C[C@@H](OC)[C@@H]1C)O2. The zero-order valence-corrected chi connectivity index (χ0v) is 38.1. The number of rotatable bonds is 17. The summed E-state index contributed by atoms with van der Waals surface area (Å²) in [5.41, 5.74) is -0.141. The van der Waals surface area contributed by atoms with Crippen molar-refractivity contribution < 1.29 is 62.5 Å². The molecule has 1 saturated heterocycles. The second kappa shape index (κ2) is 24.7. The fourth-order valence-electron chi connectivity index (χ4n) is 8.91. The maximum absolute atomic E-state index is 13.6. The average Bonchev–Trinajstić information content (AvgIpc) is 4.05. The number of fused-ring (bicyclic) bond motifs is 2. The van der Waals surface area contributed by atoms with E-state index in [1.165, 1.54) is 11.0 Å². The number of Topliss-reactive ketones (excluding diaryl/α,β-unsaturated/α-hetero) is 1. The smallest absolute Gasteiger partial charge is 0.331 e. The van der Waals surface area contributed by atoms with E-state index in [1.807, 2.05) is 46.8 Å². The quantitative estimate of drug-likeness (QED) is 0.0869. The maximum Gasteiger partial charge on any atom is 0.331 e. The Hall–Kier alpha value is -2.79. The summed E-state index contributed by atoms with van der Waals surface area (Å²) < 4.78 is 48.7. The van der Waals surface area contributed by atoms with E-state index < -0.39 is 72.1 Å². The molecule has 0 saturated carbocycles. The molecule has 3 rings (SSSR count). The van der Waals surface area contributed by atoms with Gasteiger partial charge >= 0.3 is 5.97 Å². The van der Waals surface area contributed by atoms with Crippen molar-refractivity contribution in [3.05, 3.63) is 48.2 Å². The predicted octanol–water partition coefficient (Wildman–Crippen LogP) is 5.00. The lowest BCUT2D eigenvalue weighted by molar-refractivity contribution is -0.159. The third kappa shape index (κ3) is 14.1. The Balaban J connectivity index is 1.90. The molecule has 0 unspecified atom stereocenters. The summed E-state index contributed by atoms with van der Waals surface area (Å²) in [4.78, 5) is 39.5. The predicted molar refractivity (Wildman–Crippen MR) is 227 cm³/mol. The van der Waals surface area contributed by atoms with Crippen LogP contribution < -0.4 is 0 Å². The van der Waals surface area contributed by atoms with Crippen molar-refractivity contribution in [2.24, 2.45) is 29.6 Å². The molecule has 1 spiro atoms. The third-order valence-corrected chi connectivity index (χ3v) is 13.0. The third-order valence-electron chi connectivity index (χ3n) is 13.0. The molecule has 3 aliphatic heterocycles. The van der Waals surface area contributed by atoms with E-state index in [0.29, 0.717) is 50.7 Å². The number of hydrogen-bond donors (Lipinski definition) is 2. The van der Waals surface area contributed by atoms with Gasteiger partial charge in [-0.15, -0.1) is 0 Å². The van der Waals surface area contributed by atoms with Crippen LogP contribution in [0.4, 0.5) is 0 Å². The van der Waals surface area contributed by atoms with Crippen LogP contribution in [0.5, 0.6) is 0 Å². The fraction of sp³-hybridized carbons (Fsp3) is 0.761. The second-order valence-corrected chi connectivity index (χ2v) is 17.2. The van der Waals surface area contributed by atoms with Gasteiger partial charge in [-0.05, 0) is 25.7 Å². The first-order valence-corrected chi connectivity index (χ1v) is 21.4. The number of nitrogens with zero attached hydrogens (tertiary/aromatic N) is 1. The molecule has 0 aliphatic carbocycles. The molecule has 3 heterocycles. The number of epoxide rings is 1. The number of esters is 1. The minimum atomic E-state index is -0.978. The highest BCUT2D eigenvalue weighted by Crippen LogP contribution is 2.43. The zero-order valence-electron chi connectivity index (χ0n) is 38.1. The van der Waals surface area contributed by atoms with Crippen LogP contribution in [0.2, 0.25) is 0 Å². The second-order valence-electron chi connectivity index (χ2n) is 17.2. The number of aliphatic hydroxyl groups excluding tert-OH is 2. The first-order chi connectivity index (χ1) is 28.5. The van der Waals surface area contributed by atoms with Crippen LogP contribution in [-0.2, 0) is 52.3 Å². The van der Waals surface area contributed by atoms with E-state index in [1.54, 1.807) is 67.9 Å². The summed E-state index contributed by atoms with van der Waals surface area (Å²) in [5, 5.41) is 23.0. The molecule has 0 aromatic carbocycles. The van der Waals surface area contributed by atoms with Gasteiger partial charge in [0, 0.05) is 104 Å². The van der Waals surface area contributed by atoms with Gasteiger partial charge in [0.05, 0.1) is 61.5 Å². The van der Waals surface area contributed by atoms with Crippen molar-refractivity contribution >= 4 is 18.2 Å². The van der Waals surface area contributed by atoms with Crippen LogP contribution in [0.25, 0.3) is 0 Å². The van der Waals surface area contributed by atoms with Crippen LogP contribution in [0.3, 0.4) is 0 Å². The Morgan fingerprint density at radius 1 is 1.00 bits per heavy atom. The Morgan fingerprint density at radius 3 is 2.23 bits per heavy atom. The molecule has 0 aromatic heterocycles. The highest BCUT2D eigenvalue weighted by atomic mass is 16.6. The van der Waals surface area contributed by atoms with Crippen molar-refractivity contribution in [2.75, 3.05) is 49.2 Å². The Labute approximate surface area is 358 Å². The lowest BCUT2D eigenvalue weighted by atomic mass is 9.78. The van der Waals surface area contributed by atoms with Crippen molar-refractivity contribution in [1.29, 1.82) is 0 Å². The molecule has 0 aromatic rings. The van der Waals surface area contributed by atoms with Gasteiger partial charge in [0.2, 0.25) is 6.41 Å². The molecule has 2 bridgehead atoms. The highest BCUT2D eigenvalue weighted by molar-refractivity contribution is 5.82. The largest absolute Gasteiger partial charge is 0.458 e. The minimum Gasteiger partial charge on any atom is -0.458 e. The van der Waals surface area contributed by atoms with Crippen molar-refractivity contribution in [2.45, 2.75) is 147 Å². The van der Waals surface area contributed by atoms with Gasteiger partial charge in [-0.2, -0.15) is 0 Å². The van der Waals surface area contributed by atoms with Gasteiger partial charge in [-0.25, -0.2) is 4.79 Å². The van der Waals surface area contributed by atoms with Crippen molar-refractivity contribution in [3.8, 4) is 0 Å². The number of carbonyl (C=O) groups excluding carboxylic acids is 3. The van der Waals surface area contributed by atoms with Gasteiger partial charge in [-0.3, -0.25) is 9.59 Å². The molecule has 1 fully saturated rings. The van der Waals surface area contributed by atoms with Gasteiger partial charge < -0.3 is 53.0 Å². The van der Waals surface area contributed by atoms with Gasteiger partial charge in [0.25, 0.3) is 0 Å². The van der Waals surface area contributed by atoms with Crippen LogP contribution in [0.1, 0.15) is 80.1 Å². The number of aliphatic hydroxyl groups is 2. The van der Waals surface area contributed by atoms with Gasteiger partial charge in [0.15, 0.2) is 0 Å². The van der Waals surface area contributed by atoms with Crippen molar-refractivity contribution in [1.82, 2.24) is 4.90 Å². The van der Waals surface area contributed by atoms with Crippen LogP contribution >= 0.6 is 0 Å². The van der Waals surface area contributed by atoms with Crippen LogP contribution in [0.15, 0.2) is 48.2 Å². The number of methoxy groups -OCH3 is 5. The molecule has 3 aliphatic rings. The fourth-order valence-corrected chi connectivity index (χ4v) is 8.91. The minimum absolute atomic E-state index is 0.00245. The number of allylic oxidation sites excluding steroid dienone is 2. The monoisotopic (exact) mass is 850 g/mol. The lowest BCUT2D eigenvalue weighted by Gasteiger charge is -2.39. The Bertz CT molecular complexity index is 1460. The summed E-state index contributed by atoms with van der Waals surface area (Å²) in [5.74, 6) is -2.55. The average molecular weight is 850 g/mol. The molecule has 60 heavy (non-hydrogen) atoms. The molecule has 2 N–H and O–H groups in total. The van der Waals surface area contributed by atoms with Crippen LogP contribution in [-0.4, -0.2) is 149 Å². The summed E-state index contributed by atoms with van der Waals surface area (Å²) >= 11 is 0. The summed E-state index contributed by atoms with van der Waals surface area (Å²) in [6.07, 6.45) is 9.91. The molecule has 342 valence electrons. The van der Waals surface area contributed by atoms with E-state index in [2.05, 4.69) is 6.08 Å². The first-order valence-electron chi connectivity index (χ1n) is 21.4. The number of ketones is 1. The van der Waals surface area contributed by atoms with Gasteiger partial charge in [0.1, 0.15) is 17.5 Å². The molecule has 14 heteroatoms. The van der Waals surface area contributed by atoms with E-state index in [4.69, 9.17) is 37.9 Å². The molecule has 1 amide bonds. The first kappa shape index (κ1) is 51.6. The number of hydrogen-bond acceptors (Lipinski definition) is 13. The topological polar surface area (TPSA) is 172 Å². The number of amides is 1. The molecule has 16 atom stereocenters. The van der Waals surface area contributed by atoms with E-state index in [-0.39, 0.29) is 42.4 Å². The number of carbonyl (C=O) groups is 3.